The zero-order valence-electron chi connectivity index (χ0n) is 7.63. The lowest BCUT2D eigenvalue weighted by Gasteiger charge is -2.10. The third-order valence-electron chi connectivity index (χ3n) is 2.06. The molecule has 0 spiro atoms. The van der Waals surface area contributed by atoms with Crippen molar-refractivity contribution in [2.24, 2.45) is 5.73 Å². The summed E-state index contributed by atoms with van der Waals surface area (Å²) in [5, 5.41) is 8.65. The minimum absolute atomic E-state index is 0.0245. The molecular weight excluding hydrogens is 169 g/mol. The third kappa shape index (κ3) is 2.50. The maximum Gasteiger partial charge on any atom is 0.126 e. The zero-order chi connectivity index (χ0) is 9.84. The van der Waals surface area contributed by atoms with Crippen LogP contribution >= 0.6 is 0 Å². The normalized spacial score (nSPS) is 12.9. The minimum atomic E-state index is -0.278. The van der Waals surface area contributed by atoms with E-state index < -0.39 is 0 Å². The van der Waals surface area contributed by atoms with Gasteiger partial charge in [-0.25, -0.2) is 4.39 Å². The summed E-state index contributed by atoms with van der Waals surface area (Å²) in [6.07, 6.45) is 0.461. The van der Waals surface area contributed by atoms with Gasteiger partial charge in [0.05, 0.1) is 0 Å². The van der Waals surface area contributed by atoms with E-state index in [0.29, 0.717) is 12.0 Å². The summed E-state index contributed by atoms with van der Waals surface area (Å²) in [7, 11) is 0. The molecule has 0 heterocycles. The number of rotatable bonds is 3. The number of benzene rings is 1. The van der Waals surface area contributed by atoms with Gasteiger partial charge in [0, 0.05) is 12.6 Å². The lowest BCUT2D eigenvalue weighted by atomic mass is 10.0. The van der Waals surface area contributed by atoms with Crippen LogP contribution in [-0.2, 0) is 0 Å². The predicted octanol–water partition coefficient (Wildman–Crippen LogP) is 1.52. The molecule has 2 nitrogen and oxygen atoms in total. The highest BCUT2D eigenvalue weighted by Gasteiger charge is 2.06. The fraction of sp³-hybridized carbons (Fsp3) is 0.400. The van der Waals surface area contributed by atoms with Crippen molar-refractivity contribution in [2.75, 3.05) is 6.61 Å². The second kappa shape index (κ2) is 4.35. The summed E-state index contributed by atoms with van der Waals surface area (Å²) in [5.74, 6) is -0.245. The van der Waals surface area contributed by atoms with Gasteiger partial charge in [-0.1, -0.05) is 12.1 Å². The summed E-state index contributed by atoms with van der Waals surface area (Å²) >= 11 is 0. The molecular formula is C10H14FNO. The lowest BCUT2D eigenvalue weighted by molar-refractivity contribution is 0.276. The monoisotopic (exact) mass is 183 g/mol. The molecule has 3 N–H and O–H groups in total. The first-order chi connectivity index (χ1) is 6.15. The van der Waals surface area contributed by atoms with Crippen LogP contribution in [0.25, 0.3) is 0 Å². The molecule has 1 aromatic carbocycles. The fourth-order valence-corrected chi connectivity index (χ4v) is 1.15. The molecule has 13 heavy (non-hydrogen) atoms. The zero-order valence-corrected chi connectivity index (χ0v) is 7.63. The number of aryl methyl sites for hydroxylation is 1. The van der Waals surface area contributed by atoms with Gasteiger partial charge in [-0.15, -0.1) is 0 Å². The number of hydrogen-bond acceptors (Lipinski definition) is 2. The molecule has 0 bridgehead atoms. The Morgan fingerprint density at radius 2 is 2.23 bits per heavy atom. The number of halogens is 1. The Morgan fingerprint density at radius 1 is 1.54 bits per heavy atom. The minimum Gasteiger partial charge on any atom is -0.396 e. The molecule has 0 aliphatic carbocycles. The molecule has 0 radical (unpaired) electrons. The smallest absolute Gasteiger partial charge is 0.126 e. The van der Waals surface area contributed by atoms with Gasteiger partial charge in [0.2, 0.25) is 0 Å². The van der Waals surface area contributed by atoms with Crippen LogP contribution in [0.2, 0.25) is 0 Å². The number of aliphatic hydroxyl groups is 1. The molecule has 72 valence electrons. The van der Waals surface area contributed by atoms with Crippen LogP contribution in [0.15, 0.2) is 18.2 Å². The summed E-state index contributed by atoms with van der Waals surface area (Å²) < 4.78 is 13.1. The maximum atomic E-state index is 13.1. The average Bonchev–Trinajstić information content (AvgIpc) is 2.10. The first-order valence-corrected chi connectivity index (χ1v) is 4.27. The summed E-state index contributed by atoms with van der Waals surface area (Å²) in [4.78, 5) is 0. The molecule has 3 heteroatoms. The van der Waals surface area contributed by atoms with E-state index in [1.54, 1.807) is 19.1 Å². The van der Waals surface area contributed by atoms with Crippen molar-refractivity contribution in [3.63, 3.8) is 0 Å². The standard InChI is InChI=1S/C10H14FNO/c1-7-2-3-8(6-9(7)11)10(12)4-5-13/h2-3,6,10,13H,4-5,12H2,1H3/t10-/m1/s1. The van der Waals surface area contributed by atoms with Gasteiger partial charge in [0.15, 0.2) is 0 Å². The Morgan fingerprint density at radius 3 is 2.77 bits per heavy atom. The third-order valence-corrected chi connectivity index (χ3v) is 2.06. The van der Waals surface area contributed by atoms with E-state index in [4.69, 9.17) is 10.8 Å². The van der Waals surface area contributed by atoms with Crippen LogP contribution < -0.4 is 5.73 Å². The average molecular weight is 183 g/mol. The molecule has 0 aliphatic heterocycles. The Kier molecular flexibility index (Phi) is 3.39. The topological polar surface area (TPSA) is 46.2 Å². The van der Waals surface area contributed by atoms with Crippen molar-refractivity contribution in [3.05, 3.63) is 35.1 Å². The van der Waals surface area contributed by atoms with Crippen LogP contribution in [0.3, 0.4) is 0 Å². The molecule has 0 fully saturated rings. The molecule has 0 saturated carbocycles. The van der Waals surface area contributed by atoms with Gasteiger partial charge in [0.1, 0.15) is 5.82 Å². The largest absolute Gasteiger partial charge is 0.396 e. The molecule has 1 atom stereocenters. The van der Waals surface area contributed by atoms with Crippen molar-refractivity contribution in [1.82, 2.24) is 0 Å². The highest BCUT2D eigenvalue weighted by molar-refractivity contribution is 5.25. The van der Waals surface area contributed by atoms with E-state index in [1.807, 2.05) is 0 Å². The summed E-state index contributed by atoms with van der Waals surface area (Å²) in [5.41, 5.74) is 7.04. The number of aliphatic hydroxyl groups excluding tert-OH is 1. The molecule has 1 rings (SSSR count). The highest BCUT2D eigenvalue weighted by Crippen LogP contribution is 2.16. The molecule has 1 aromatic rings. The van der Waals surface area contributed by atoms with Gasteiger partial charge in [-0.05, 0) is 30.5 Å². The highest BCUT2D eigenvalue weighted by atomic mass is 19.1. The van der Waals surface area contributed by atoms with Crippen LogP contribution in [-0.4, -0.2) is 11.7 Å². The van der Waals surface area contributed by atoms with Gasteiger partial charge in [0.25, 0.3) is 0 Å². The molecule has 0 aliphatic rings. The van der Waals surface area contributed by atoms with E-state index in [9.17, 15) is 4.39 Å². The Bertz CT molecular complexity index is 288. The van der Waals surface area contributed by atoms with Crippen LogP contribution in [0.1, 0.15) is 23.6 Å². The Balaban J connectivity index is 2.84. The van der Waals surface area contributed by atoms with Gasteiger partial charge in [-0.3, -0.25) is 0 Å². The van der Waals surface area contributed by atoms with E-state index in [0.717, 1.165) is 5.56 Å². The second-order valence-electron chi connectivity index (χ2n) is 3.13. The van der Waals surface area contributed by atoms with Gasteiger partial charge >= 0.3 is 0 Å². The summed E-state index contributed by atoms with van der Waals surface area (Å²) in [6.45, 7) is 1.73. The van der Waals surface area contributed by atoms with Crippen LogP contribution in [0.4, 0.5) is 4.39 Å². The molecule has 0 aromatic heterocycles. The first kappa shape index (κ1) is 10.2. The number of nitrogens with two attached hydrogens (primary N) is 1. The van der Waals surface area contributed by atoms with E-state index >= 15 is 0 Å². The van der Waals surface area contributed by atoms with Crippen molar-refractivity contribution in [1.29, 1.82) is 0 Å². The van der Waals surface area contributed by atoms with Crippen LogP contribution in [0.5, 0.6) is 0 Å². The Labute approximate surface area is 77.2 Å². The molecule has 0 saturated heterocycles. The summed E-state index contributed by atoms with van der Waals surface area (Å²) in [6, 6.07) is 4.64. The van der Waals surface area contributed by atoms with E-state index in [2.05, 4.69) is 0 Å². The van der Waals surface area contributed by atoms with Crippen molar-refractivity contribution in [2.45, 2.75) is 19.4 Å². The van der Waals surface area contributed by atoms with Crippen molar-refractivity contribution in [3.8, 4) is 0 Å². The SMILES string of the molecule is Cc1ccc([C@H](N)CCO)cc1F. The number of hydrogen-bond donors (Lipinski definition) is 2. The van der Waals surface area contributed by atoms with Crippen molar-refractivity contribution < 1.29 is 9.50 Å². The quantitative estimate of drug-likeness (QED) is 0.746. The predicted molar refractivity (Wildman–Crippen MR) is 49.8 cm³/mol. The lowest BCUT2D eigenvalue weighted by Crippen LogP contribution is -2.12. The van der Waals surface area contributed by atoms with Gasteiger partial charge < -0.3 is 10.8 Å². The van der Waals surface area contributed by atoms with Gasteiger partial charge in [-0.2, -0.15) is 0 Å². The molecule has 0 unspecified atom stereocenters. The van der Waals surface area contributed by atoms with Crippen LogP contribution in [0, 0.1) is 12.7 Å². The van der Waals surface area contributed by atoms with E-state index in [-0.39, 0.29) is 18.5 Å². The second-order valence-corrected chi connectivity index (χ2v) is 3.13. The maximum absolute atomic E-state index is 13.1. The van der Waals surface area contributed by atoms with Crippen molar-refractivity contribution >= 4 is 0 Å². The van der Waals surface area contributed by atoms with E-state index in [1.165, 1.54) is 6.07 Å². The first-order valence-electron chi connectivity index (χ1n) is 4.27. The fourth-order valence-electron chi connectivity index (χ4n) is 1.15. The Hall–Kier alpha value is -0.930. The molecule has 0 amide bonds.